The highest BCUT2D eigenvalue weighted by Gasteiger charge is 2.19. The van der Waals surface area contributed by atoms with Crippen LogP contribution in [0.5, 0.6) is 5.75 Å². The fourth-order valence-electron chi connectivity index (χ4n) is 2.31. The molecule has 134 valence electrons. The molecule has 1 N–H and O–H groups in total. The fraction of sp³-hybridized carbons (Fsp3) is 0.350. The Morgan fingerprint density at radius 2 is 1.88 bits per heavy atom. The molecular formula is C20H23BrClNO2. The molecule has 2 aromatic carbocycles. The van der Waals surface area contributed by atoms with Gasteiger partial charge in [0, 0.05) is 9.50 Å². The Morgan fingerprint density at radius 3 is 2.44 bits per heavy atom. The van der Waals surface area contributed by atoms with E-state index < -0.39 is 6.10 Å². The van der Waals surface area contributed by atoms with E-state index in [-0.39, 0.29) is 11.3 Å². The third kappa shape index (κ3) is 5.23. The van der Waals surface area contributed by atoms with Crippen molar-refractivity contribution < 1.29 is 9.53 Å². The van der Waals surface area contributed by atoms with Crippen LogP contribution in [0.1, 0.15) is 38.8 Å². The topological polar surface area (TPSA) is 38.3 Å². The molecule has 0 aliphatic heterocycles. The molecule has 0 aliphatic carbocycles. The van der Waals surface area contributed by atoms with Crippen LogP contribution in [-0.2, 0) is 10.2 Å². The first-order valence-corrected chi connectivity index (χ1v) is 9.28. The average Bonchev–Trinajstić information content (AvgIpc) is 2.50. The summed E-state index contributed by atoms with van der Waals surface area (Å²) in [6.45, 7) is 10.1. The zero-order valence-corrected chi connectivity index (χ0v) is 17.5. The molecule has 0 aromatic heterocycles. The molecule has 3 nitrogen and oxygen atoms in total. The number of aryl methyl sites for hydroxylation is 1. The van der Waals surface area contributed by atoms with Crippen LogP contribution in [-0.4, -0.2) is 12.0 Å². The summed E-state index contributed by atoms with van der Waals surface area (Å²) in [7, 11) is 0. The summed E-state index contributed by atoms with van der Waals surface area (Å²) in [4.78, 5) is 12.4. The summed E-state index contributed by atoms with van der Waals surface area (Å²) in [6, 6.07) is 11.3. The van der Waals surface area contributed by atoms with E-state index in [0.717, 1.165) is 15.7 Å². The Hall–Kier alpha value is -1.52. The number of rotatable bonds is 4. The SMILES string of the molecule is Cc1cc(Cl)ccc1OC(C)C(=O)Nc1ccc(C(C)(C)C)cc1Br. The van der Waals surface area contributed by atoms with Crippen LogP contribution in [0.3, 0.4) is 0 Å². The number of halogens is 2. The molecule has 1 atom stereocenters. The standard InChI is InChI=1S/C20H23BrClNO2/c1-12-10-15(22)7-9-18(12)25-13(2)19(24)23-17-8-6-14(11-16(17)21)20(3,4)5/h6-11,13H,1-5H3,(H,23,24). The Balaban J connectivity index is 2.08. The van der Waals surface area contributed by atoms with Crippen LogP contribution >= 0.6 is 27.5 Å². The van der Waals surface area contributed by atoms with Crippen molar-refractivity contribution in [3.8, 4) is 5.75 Å². The molecule has 0 fully saturated rings. The molecule has 2 aromatic rings. The van der Waals surface area contributed by atoms with E-state index in [1.54, 1.807) is 19.1 Å². The van der Waals surface area contributed by atoms with E-state index in [9.17, 15) is 4.79 Å². The molecule has 0 saturated carbocycles. The summed E-state index contributed by atoms with van der Waals surface area (Å²) in [6.07, 6.45) is -0.630. The van der Waals surface area contributed by atoms with Crippen molar-refractivity contribution in [2.24, 2.45) is 0 Å². The molecular weight excluding hydrogens is 402 g/mol. The number of hydrogen-bond acceptors (Lipinski definition) is 2. The lowest BCUT2D eigenvalue weighted by Crippen LogP contribution is -2.30. The van der Waals surface area contributed by atoms with Crippen molar-refractivity contribution in [1.82, 2.24) is 0 Å². The van der Waals surface area contributed by atoms with Gasteiger partial charge in [0.2, 0.25) is 0 Å². The van der Waals surface area contributed by atoms with E-state index >= 15 is 0 Å². The predicted octanol–water partition coefficient (Wildman–Crippen LogP) is 6.11. The second-order valence-electron chi connectivity index (χ2n) is 7.10. The molecule has 25 heavy (non-hydrogen) atoms. The minimum absolute atomic E-state index is 0.0492. The van der Waals surface area contributed by atoms with Gasteiger partial charge in [-0.05, 0) is 76.7 Å². The van der Waals surface area contributed by atoms with Crippen molar-refractivity contribution in [3.63, 3.8) is 0 Å². The lowest BCUT2D eigenvalue weighted by atomic mass is 9.87. The smallest absolute Gasteiger partial charge is 0.265 e. The van der Waals surface area contributed by atoms with Crippen LogP contribution in [0.2, 0.25) is 5.02 Å². The Labute approximate surface area is 162 Å². The fourth-order valence-corrected chi connectivity index (χ4v) is 3.01. The van der Waals surface area contributed by atoms with Crippen molar-refractivity contribution in [2.75, 3.05) is 5.32 Å². The van der Waals surface area contributed by atoms with Crippen LogP contribution in [0, 0.1) is 6.92 Å². The van der Waals surface area contributed by atoms with Crippen molar-refractivity contribution >= 4 is 39.1 Å². The van der Waals surface area contributed by atoms with E-state index in [1.165, 1.54) is 5.56 Å². The molecule has 2 rings (SSSR count). The van der Waals surface area contributed by atoms with Crippen LogP contribution in [0.25, 0.3) is 0 Å². The van der Waals surface area contributed by atoms with Gasteiger partial charge in [-0.25, -0.2) is 0 Å². The normalized spacial score (nSPS) is 12.6. The van der Waals surface area contributed by atoms with E-state index in [2.05, 4.69) is 42.0 Å². The summed E-state index contributed by atoms with van der Waals surface area (Å²) in [5.74, 6) is 0.438. The summed E-state index contributed by atoms with van der Waals surface area (Å²) in [5, 5.41) is 3.55. The second-order valence-corrected chi connectivity index (χ2v) is 8.39. The second kappa shape index (κ2) is 7.79. The van der Waals surface area contributed by atoms with Gasteiger partial charge in [-0.15, -0.1) is 0 Å². The number of nitrogens with one attached hydrogen (secondary N) is 1. The maximum Gasteiger partial charge on any atom is 0.265 e. The van der Waals surface area contributed by atoms with Crippen molar-refractivity contribution in [1.29, 1.82) is 0 Å². The van der Waals surface area contributed by atoms with E-state index in [0.29, 0.717) is 10.8 Å². The monoisotopic (exact) mass is 423 g/mol. The maximum absolute atomic E-state index is 12.4. The molecule has 1 unspecified atom stereocenters. The molecule has 5 heteroatoms. The Morgan fingerprint density at radius 1 is 1.20 bits per heavy atom. The van der Waals surface area contributed by atoms with Gasteiger partial charge in [0.05, 0.1) is 5.69 Å². The van der Waals surface area contributed by atoms with Gasteiger partial charge in [0.1, 0.15) is 5.75 Å². The molecule has 1 amide bonds. The average molecular weight is 425 g/mol. The van der Waals surface area contributed by atoms with Crippen molar-refractivity contribution in [3.05, 3.63) is 57.0 Å². The third-order valence-corrected chi connectivity index (χ3v) is 4.79. The number of benzene rings is 2. The van der Waals surface area contributed by atoms with Gasteiger partial charge in [0.15, 0.2) is 6.10 Å². The van der Waals surface area contributed by atoms with Crippen LogP contribution in [0.4, 0.5) is 5.69 Å². The molecule has 0 spiro atoms. The minimum Gasteiger partial charge on any atom is -0.481 e. The number of carbonyl (C=O) groups is 1. The highest BCUT2D eigenvalue weighted by atomic mass is 79.9. The summed E-state index contributed by atoms with van der Waals surface area (Å²) in [5.41, 5.74) is 2.86. The number of hydrogen-bond donors (Lipinski definition) is 1. The first-order valence-electron chi connectivity index (χ1n) is 8.11. The third-order valence-electron chi connectivity index (χ3n) is 3.90. The zero-order valence-electron chi connectivity index (χ0n) is 15.1. The highest BCUT2D eigenvalue weighted by Crippen LogP contribution is 2.30. The first kappa shape index (κ1) is 19.8. The van der Waals surface area contributed by atoms with Gasteiger partial charge >= 0.3 is 0 Å². The number of ether oxygens (including phenoxy) is 1. The van der Waals surface area contributed by atoms with Gasteiger partial charge in [-0.2, -0.15) is 0 Å². The molecule has 0 radical (unpaired) electrons. The van der Waals surface area contributed by atoms with Gasteiger partial charge in [-0.1, -0.05) is 38.4 Å². The highest BCUT2D eigenvalue weighted by molar-refractivity contribution is 9.10. The van der Waals surface area contributed by atoms with E-state index in [4.69, 9.17) is 16.3 Å². The molecule has 0 bridgehead atoms. The quantitative estimate of drug-likeness (QED) is 0.642. The predicted molar refractivity (Wildman–Crippen MR) is 108 cm³/mol. The lowest BCUT2D eigenvalue weighted by Gasteiger charge is -2.21. The van der Waals surface area contributed by atoms with Gasteiger partial charge < -0.3 is 10.1 Å². The lowest BCUT2D eigenvalue weighted by molar-refractivity contribution is -0.122. The molecule has 0 saturated heterocycles. The molecule has 0 aliphatic rings. The Bertz CT molecular complexity index is 784. The number of carbonyl (C=O) groups excluding carboxylic acids is 1. The van der Waals surface area contributed by atoms with Gasteiger partial charge in [-0.3, -0.25) is 4.79 Å². The molecule has 0 heterocycles. The van der Waals surface area contributed by atoms with Crippen LogP contribution in [0.15, 0.2) is 40.9 Å². The summed E-state index contributed by atoms with van der Waals surface area (Å²) >= 11 is 9.48. The zero-order chi connectivity index (χ0) is 18.8. The largest absolute Gasteiger partial charge is 0.481 e. The Kier molecular flexibility index (Phi) is 6.17. The van der Waals surface area contributed by atoms with Crippen LogP contribution < -0.4 is 10.1 Å². The number of anilines is 1. The summed E-state index contributed by atoms with van der Waals surface area (Å²) < 4.78 is 6.62. The minimum atomic E-state index is -0.630. The van der Waals surface area contributed by atoms with Gasteiger partial charge in [0.25, 0.3) is 5.91 Å². The number of amides is 1. The first-order chi connectivity index (χ1) is 11.6. The van der Waals surface area contributed by atoms with Crippen molar-refractivity contribution in [2.45, 2.75) is 46.1 Å². The van der Waals surface area contributed by atoms with E-state index in [1.807, 2.05) is 31.2 Å². The maximum atomic E-state index is 12.4.